The predicted octanol–water partition coefficient (Wildman–Crippen LogP) is 1.41. The fourth-order valence-corrected chi connectivity index (χ4v) is 1.48. The second-order valence-electron chi connectivity index (χ2n) is 4.39. The van der Waals surface area contributed by atoms with E-state index >= 15 is 0 Å². The Bertz CT molecular complexity index is 449. The average molecular weight is 231 g/mol. The molecule has 0 aromatic carbocycles. The molecule has 0 saturated carbocycles. The molecule has 5 nitrogen and oxygen atoms in total. The van der Waals surface area contributed by atoms with Crippen LogP contribution in [0.2, 0.25) is 0 Å². The van der Waals surface area contributed by atoms with Gasteiger partial charge in [0, 0.05) is 12.7 Å². The van der Waals surface area contributed by atoms with Crippen LogP contribution in [-0.2, 0) is 6.54 Å². The van der Waals surface area contributed by atoms with E-state index in [1.165, 1.54) is 0 Å². The first kappa shape index (κ1) is 11.7. The molecule has 5 heteroatoms. The molecule has 17 heavy (non-hydrogen) atoms. The zero-order chi connectivity index (χ0) is 12.1. The minimum Gasteiger partial charge on any atom is -0.311 e. The van der Waals surface area contributed by atoms with Gasteiger partial charge < -0.3 is 5.32 Å². The second-order valence-corrected chi connectivity index (χ2v) is 4.39. The summed E-state index contributed by atoms with van der Waals surface area (Å²) in [6, 6.07) is 3.83. The molecule has 90 valence electrons. The molecule has 0 atom stereocenters. The van der Waals surface area contributed by atoms with Crippen molar-refractivity contribution in [1.29, 1.82) is 0 Å². The summed E-state index contributed by atoms with van der Waals surface area (Å²) < 4.78 is 1.74. The number of aromatic nitrogens is 4. The van der Waals surface area contributed by atoms with Crippen molar-refractivity contribution in [3.05, 3.63) is 36.4 Å². The minimum absolute atomic E-state index is 0.642. The molecular formula is C12H17N5. The molecule has 0 unspecified atom stereocenters. The molecule has 2 heterocycles. The van der Waals surface area contributed by atoms with E-state index in [-0.39, 0.29) is 0 Å². The van der Waals surface area contributed by atoms with Crippen LogP contribution in [0.3, 0.4) is 0 Å². The molecule has 0 aliphatic carbocycles. The number of hydrogen-bond acceptors (Lipinski definition) is 4. The van der Waals surface area contributed by atoms with Crippen molar-refractivity contribution >= 4 is 0 Å². The highest BCUT2D eigenvalue weighted by atomic mass is 15.4. The fraction of sp³-hybridized carbons (Fsp3) is 0.417. The molecule has 0 spiro atoms. The van der Waals surface area contributed by atoms with Crippen LogP contribution in [0.15, 0.2) is 30.7 Å². The van der Waals surface area contributed by atoms with Gasteiger partial charge in [0.05, 0.1) is 23.8 Å². The van der Waals surface area contributed by atoms with E-state index in [1.807, 2.05) is 18.3 Å². The van der Waals surface area contributed by atoms with Crippen LogP contribution in [0, 0.1) is 5.92 Å². The highest BCUT2D eigenvalue weighted by Gasteiger charge is 2.02. The lowest BCUT2D eigenvalue weighted by atomic mass is 10.2. The van der Waals surface area contributed by atoms with Crippen LogP contribution < -0.4 is 5.32 Å². The van der Waals surface area contributed by atoms with E-state index in [0.29, 0.717) is 5.92 Å². The summed E-state index contributed by atoms with van der Waals surface area (Å²) in [6.07, 6.45) is 5.43. The maximum Gasteiger partial charge on any atom is 0.0969 e. The van der Waals surface area contributed by atoms with E-state index in [4.69, 9.17) is 0 Å². The summed E-state index contributed by atoms with van der Waals surface area (Å²) >= 11 is 0. The third-order valence-corrected chi connectivity index (χ3v) is 2.31. The first-order valence-corrected chi connectivity index (χ1v) is 5.78. The lowest BCUT2D eigenvalue weighted by Gasteiger charge is -2.04. The molecule has 0 fully saturated rings. The lowest BCUT2D eigenvalue weighted by Crippen LogP contribution is -2.19. The number of hydrogen-bond donors (Lipinski definition) is 1. The lowest BCUT2D eigenvalue weighted by molar-refractivity contribution is 0.548. The van der Waals surface area contributed by atoms with E-state index in [2.05, 4.69) is 34.5 Å². The Kier molecular flexibility index (Phi) is 3.82. The van der Waals surface area contributed by atoms with Crippen LogP contribution in [0.4, 0.5) is 0 Å². The second kappa shape index (κ2) is 5.54. The van der Waals surface area contributed by atoms with Crippen molar-refractivity contribution in [2.45, 2.75) is 20.4 Å². The van der Waals surface area contributed by atoms with Crippen LogP contribution >= 0.6 is 0 Å². The van der Waals surface area contributed by atoms with Gasteiger partial charge in [-0.3, -0.25) is 4.98 Å². The number of nitrogens with zero attached hydrogens (tertiary/aromatic N) is 4. The zero-order valence-corrected chi connectivity index (χ0v) is 10.2. The van der Waals surface area contributed by atoms with Gasteiger partial charge in [-0.05, 0) is 24.6 Å². The molecule has 0 amide bonds. The van der Waals surface area contributed by atoms with Crippen molar-refractivity contribution in [2.24, 2.45) is 5.92 Å². The van der Waals surface area contributed by atoms with E-state index < -0.39 is 0 Å². The molecular weight excluding hydrogens is 214 g/mol. The van der Waals surface area contributed by atoms with Crippen molar-refractivity contribution < 1.29 is 0 Å². The van der Waals surface area contributed by atoms with Gasteiger partial charge in [0.2, 0.25) is 0 Å². The maximum atomic E-state index is 4.11. The van der Waals surface area contributed by atoms with Crippen molar-refractivity contribution in [3.8, 4) is 5.69 Å². The molecule has 2 aromatic heterocycles. The predicted molar refractivity (Wildman–Crippen MR) is 65.7 cm³/mol. The Morgan fingerprint density at radius 3 is 3.00 bits per heavy atom. The Morgan fingerprint density at radius 2 is 2.29 bits per heavy atom. The highest BCUT2D eigenvalue weighted by molar-refractivity contribution is 5.26. The number of pyridine rings is 1. The van der Waals surface area contributed by atoms with Crippen LogP contribution in [0.1, 0.15) is 19.5 Å². The highest BCUT2D eigenvalue weighted by Crippen LogP contribution is 2.03. The summed E-state index contributed by atoms with van der Waals surface area (Å²) in [5.74, 6) is 0.642. The number of nitrogens with one attached hydrogen (secondary N) is 1. The molecule has 0 bridgehead atoms. The standard InChI is InChI=1S/C12H17N5/c1-10(2)6-14-7-11-9-17(16-15-11)12-4-3-5-13-8-12/h3-5,8-10,14H,6-7H2,1-2H3. The molecule has 0 radical (unpaired) electrons. The van der Waals surface area contributed by atoms with Gasteiger partial charge >= 0.3 is 0 Å². The van der Waals surface area contributed by atoms with Gasteiger partial charge in [-0.2, -0.15) is 0 Å². The Hall–Kier alpha value is -1.75. The van der Waals surface area contributed by atoms with Crippen LogP contribution in [-0.4, -0.2) is 26.5 Å². The molecule has 2 rings (SSSR count). The maximum absolute atomic E-state index is 4.11. The third-order valence-electron chi connectivity index (χ3n) is 2.31. The van der Waals surface area contributed by atoms with Gasteiger partial charge in [-0.15, -0.1) is 5.10 Å². The molecule has 0 aliphatic heterocycles. The monoisotopic (exact) mass is 231 g/mol. The van der Waals surface area contributed by atoms with Crippen molar-refractivity contribution in [2.75, 3.05) is 6.54 Å². The topological polar surface area (TPSA) is 55.6 Å². The third kappa shape index (κ3) is 3.35. The summed E-state index contributed by atoms with van der Waals surface area (Å²) in [5.41, 5.74) is 1.87. The largest absolute Gasteiger partial charge is 0.311 e. The molecule has 2 aromatic rings. The molecule has 0 saturated heterocycles. The van der Waals surface area contributed by atoms with Crippen LogP contribution in [0.5, 0.6) is 0 Å². The Morgan fingerprint density at radius 1 is 1.41 bits per heavy atom. The minimum atomic E-state index is 0.642. The quantitative estimate of drug-likeness (QED) is 0.845. The van der Waals surface area contributed by atoms with Gasteiger partial charge in [0.15, 0.2) is 0 Å². The molecule has 1 N–H and O–H groups in total. The summed E-state index contributed by atoms with van der Waals surface area (Å²) in [4.78, 5) is 4.05. The van der Waals surface area contributed by atoms with E-state index in [0.717, 1.165) is 24.5 Å². The summed E-state index contributed by atoms with van der Waals surface area (Å²) in [6.45, 7) is 6.09. The van der Waals surface area contributed by atoms with Gasteiger partial charge in [0.1, 0.15) is 0 Å². The van der Waals surface area contributed by atoms with Crippen LogP contribution in [0.25, 0.3) is 5.69 Å². The number of rotatable bonds is 5. The average Bonchev–Trinajstić information content (AvgIpc) is 2.78. The van der Waals surface area contributed by atoms with Crippen molar-refractivity contribution in [1.82, 2.24) is 25.3 Å². The van der Waals surface area contributed by atoms with Gasteiger partial charge in [-0.25, -0.2) is 4.68 Å². The van der Waals surface area contributed by atoms with E-state index in [1.54, 1.807) is 17.1 Å². The first-order valence-electron chi connectivity index (χ1n) is 5.78. The fourth-order valence-electron chi connectivity index (χ4n) is 1.48. The van der Waals surface area contributed by atoms with Crippen molar-refractivity contribution in [3.63, 3.8) is 0 Å². The van der Waals surface area contributed by atoms with Gasteiger partial charge in [0.25, 0.3) is 0 Å². The molecule has 0 aliphatic rings. The first-order chi connectivity index (χ1) is 8.25. The Balaban J connectivity index is 1.97. The van der Waals surface area contributed by atoms with Gasteiger partial charge in [-0.1, -0.05) is 19.1 Å². The smallest absolute Gasteiger partial charge is 0.0969 e. The summed E-state index contributed by atoms with van der Waals surface area (Å²) in [7, 11) is 0. The Labute approximate surface area is 101 Å². The summed E-state index contributed by atoms with van der Waals surface area (Å²) in [5, 5.41) is 11.5. The van der Waals surface area contributed by atoms with E-state index in [9.17, 15) is 0 Å². The SMILES string of the molecule is CC(C)CNCc1cn(-c2cccnc2)nn1. The zero-order valence-electron chi connectivity index (χ0n) is 10.2. The normalized spacial score (nSPS) is 11.0.